The Morgan fingerprint density at radius 2 is 2.38 bits per heavy atom. The van der Waals surface area contributed by atoms with Crippen molar-refractivity contribution >= 4 is 0 Å². The van der Waals surface area contributed by atoms with Crippen molar-refractivity contribution in [2.75, 3.05) is 0 Å². The Kier molecular flexibility index (Phi) is 3.43. The Morgan fingerprint density at radius 3 is 2.50 bits per heavy atom. The van der Waals surface area contributed by atoms with Gasteiger partial charge in [-0.3, -0.25) is 0 Å². The molecule has 0 amide bonds. The number of nitrogens with two attached hydrogens (primary N) is 1. The maximum absolute atomic E-state index is 5.06. The van der Waals surface area contributed by atoms with Gasteiger partial charge in [0, 0.05) is 0 Å². The lowest BCUT2D eigenvalue weighted by Crippen LogP contribution is -1.86. The fraction of sp³-hybridized carbons (Fsp3) is 0.143. The van der Waals surface area contributed by atoms with E-state index in [2.05, 4.69) is 12.5 Å². The fourth-order valence-corrected chi connectivity index (χ4v) is 0.322. The molecule has 0 spiro atoms. The number of hydrogen-bond donors (Lipinski definition) is 1. The third-order valence-corrected chi connectivity index (χ3v) is 0.765. The molecule has 0 aliphatic carbocycles. The van der Waals surface area contributed by atoms with Crippen LogP contribution in [0.15, 0.2) is 24.9 Å². The highest BCUT2D eigenvalue weighted by atomic mass is 14.5. The lowest BCUT2D eigenvalue weighted by atomic mass is 10.1. The number of rotatable bonds is 2. The van der Waals surface area contributed by atoms with E-state index in [4.69, 9.17) is 12.2 Å². The van der Waals surface area contributed by atoms with E-state index >= 15 is 0 Å². The second-order valence-electron chi connectivity index (χ2n) is 1.31. The zero-order valence-electron chi connectivity index (χ0n) is 4.67. The van der Waals surface area contributed by atoms with Crippen LogP contribution in [0.1, 0.15) is 0 Å². The van der Waals surface area contributed by atoms with E-state index in [1.54, 1.807) is 12.2 Å². The van der Waals surface area contributed by atoms with Crippen LogP contribution < -0.4 is 5.73 Å². The van der Waals surface area contributed by atoms with Crippen LogP contribution in [0, 0.1) is 18.3 Å². The first kappa shape index (κ1) is 6.84. The van der Waals surface area contributed by atoms with Gasteiger partial charge in [0.15, 0.2) is 0 Å². The molecule has 1 atom stereocenters. The standard InChI is InChI=1S/C7H9N/c1-3-7(4-2)5-6-8/h1,4-7H,2,8H2/b6-5+. The van der Waals surface area contributed by atoms with Crippen LogP contribution in [0.4, 0.5) is 0 Å². The van der Waals surface area contributed by atoms with Crippen molar-refractivity contribution < 1.29 is 0 Å². The van der Waals surface area contributed by atoms with E-state index in [1.807, 2.05) is 0 Å². The summed E-state index contributed by atoms with van der Waals surface area (Å²) < 4.78 is 0. The first-order valence-corrected chi connectivity index (χ1v) is 2.32. The van der Waals surface area contributed by atoms with Gasteiger partial charge in [-0.25, -0.2) is 0 Å². The van der Waals surface area contributed by atoms with Crippen molar-refractivity contribution in [2.45, 2.75) is 0 Å². The van der Waals surface area contributed by atoms with Gasteiger partial charge in [0.1, 0.15) is 0 Å². The molecule has 1 unspecified atom stereocenters. The van der Waals surface area contributed by atoms with Crippen LogP contribution in [0.3, 0.4) is 0 Å². The Hall–Kier alpha value is -1.16. The van der Waals surface area contributed by atoms with E-state index in [-0.39, 0.29) is 5.92 Å². The molecule has 8 heavy (non-hydrogen) atoms. The van der Waals surface area contributed by atoms with Gasteiger partial charge in [-0.05, 0) is 6.20 Å². The quantitative estimate of drug-likeness (QED) is 0.411. The maximum atomic E-state index is 5.06. The molecule has 2 N–H and O–H groups in total. The average molecular weight is 107 g/mol. The second kappa shape index (κ2) is 4.01. The molecule has 0 radical (unpaired) electrons. The van der Waals surface area contributed by atoms with E-state index in [0.717, 1.165) is 0 Å². The summed E-state index contributed by atoms with van der Waals surface area (Å²) in [4.78, 5) is 0. The van der Waals surface area contributed by atoms with Crippen LogP contribution in [-0.4, -0.2) is 0 Å². The van der Waals surface area contributed by atoms with Gasteiger partial charge in [0.2, 0.25) is 0 Å². The SMILES string of the molecule is C#CC(C=C)/C=C/N. The van der Waals surface area contributed by atoms with Crippen molar-refractivity contribution in [3.63, 3.8) is 0 Å². The largest absolute Gasteiger partial charge is 0.405 e. The van der Waals surface area contributed by atoms with Gasteiger partial charge < -0.3 is 5.73 Å². The van der Waals surface area contributed by atoms with Crippen LogP contribution in [0.2, 0.25) is 0 Å². The van der Waals surface area contributed by atoms with Crippen molar-refractivity contribution in [1.82, 2.24) is 0 Å². The maximum Gasteiger partial charge on any atom is 0.0574 e. The minimum Gasteiger partial charge on any atom is -0.405 e. The van der Waals surface area contributed by atoms with Crippen molar-refractivity contribution in [1.29, 1.82) is 0 Å². The summed E-state index contributed by atoms with van der Waals surface area (Å²) in [5.74, 6) is 2.45. The highest BCUT2D eigenvalue weighted by Gasteiger charge is 1.86. The minimum absolute atomic E-state index is 0.0139. The predicted molar refractivity (Wildman–Crippen MR) is 35.8 cm³/mol. The number of allylic oxidation sites excluding steroid dienone is 2. The molecule has 0 aliphatic heterocycles. The first-order valence-electron chi connectivity index (χ1n) is 2.32. The number of hydrogen-bond acceptors (Lipinski definition) is 1. The van der Waals surface area contributed by atoms with Crippen molar-refractivity contribution in [2.24, 2.45) is 11.7 Å². The molecule has 0 saturated carbocycles. The van der Waals surface area contributed by atoms with Crippen LogP contribution >= 0.6 is 0 Å². The van der Waals surface area contributed by atoms with E-state index in [0.29, 0.717) is 0 Å². The molecule has 0 fully saturated rings. The Morgan fingerprint density at radius 1 is 1.75 bits per heavy atom. The van der Waals surface area contributed by atoms with E-state index in [9.17, 15) is 0 Å². The molecule has 0 bridgehead atoms. The molecule has 0 aromatic heterocycles. The van der Waals surface area contributed by atoms with Gasteiger partial charge >= 0.3 is 0 Å². The lowest BCUT2D eigenvalue weighted by molar-refractivity contribution is 1.12. The zero-order chi connectivity index (χ0) is 6.41. The normalized spacial score (nSPS) is 12.9. The third-order valence-electron chi connectivity index (χ3n) is 0.765. The molecule has 0 heterocycles. The molecule has 0 aliphatic rings. The molecule has 0 saturated heterocycles. The van der Waals surface area contributed by atoms with E-state index in [1.165, 1.54) is 6.20 Å². The average Bonchev–Trinajstić information content (AvgIpc) is 1.83. The highest BCUT2D eigenvalue weighted by Crippen LogP contribution is 1.94. The smallest absolute Gasteiger partial charge is 0.0574 e. The van der Waals surface area contributed by atoms with Gasteiger partial charge in [-0.1, -0.05) is 18.1 Å². The highest BCUT2D eigenvalue weighted by molar-refractivity contribution is 5.11. The van der Waals surface area contributed by atoms with Crippen LogP contribution in [0.25, 0.3) is 0 Å². The van der Waals surface area contributed by atoms with Crippen LogP contribution in [0.5, 0.6) is 0 Å². The monoisotopic (exact) mass is 107 g/mol. The van der Waals surface area contributed by atoms with E-state index < -0.39 is 0 Å². The molecule has 0 aromatic carbocycles. The van der Waals surface area contributed by atoms with Crippen molar-refractivity contribution in [3.05, 3.63) is 24.9 Å². The molecule has 0 aromatic rings. The summed E-state index contributed by atoms with van der Waals surface area (Å²) >= 11 is 0. The lowest BCUT2D eigenvalue weighted by Gasteiger charge is -1.90. The summed E-state index contributed by atoms with van der Waals surface area (Å²) in [6, 6.07) is 0. The number of terminal acetylenes is 1. The molecule has 0 rings (SSSR count). The summed E-state index contributed by atoms with van der Waals surface area (Å²) in [6.45, 7) is 3.50. The Balaban J connectivity index is 3.75. The van der Waals surface area contributed by atoms with Crippen molar-refractivity contribution in [3.8, 4) is 12.3 Å². The second-order valence-corrected chi connectivity index (χ2v) is 1.31. The third kappa shape index (κ3) is 2.09. The zero-order valence-corrected chi connectivity index (χ0v) is 4.67. The van der Waals surface area contributed by atoms with Gasteiger partial charge in [0.05, 0.1) is 5.92 Å². The molecular formula is C7H9N. The fourth-order valence-electron chi connectivity index (χ4n) is 0.322. The van der Waals surface area contributed by atoms with Gasteiger partial charge in [0.25, 0.3) is 0 Å². The minimum atomic E-state index is -0.0139. The summed E-state index contributed by atoms with van der Waals surface area (Å²) in [7, 11) is 0. The molecule has 42 valence electrons. The summed E-state index contributed by atoms with van der Waals surface area (Å²) in [5, 5.41) is 0. The van der Waals surface area contributed by atoms with Gasteiger partial charge in [-0.2, -0.15) is 0 Å². The summed E-state index contributed by atoms with van der Waals surface area (Å²) in [5.41, 5.74) is 5.06. The topological polar surface area (TPSA) is 26.0 Å². The summed E-state index contributed by atoms with van der Waals surface area (Å²) in [6.07, 6.45) is 9.82. The van der Waals surface area contributed by atoms with Crippen LogP contribution in [-0.2, 0) is 0 Å². The first-order chi connectivity index (χ1) is 3.85. The molecule has 1 heteroatoms. The Bertz CT molecular complexity index is 128. The Labute approximate surface area is 49.9 Å². The van der Waals surface area contributed by atoms with Gasteiger partial charge in [-0.15, -0.1) is 13.0 Å². The predicted octanol–water partition coefficient (Wildman–Crippen LogP) is 0.894. The molecular weight excluding hydrogens is 98.1 g/mol. The molecule has 1 nitrogen and oxygen atoms in total.